The highest BCUT2D eigenvalue weighted by Gasteiger charge is 2.12. The Hall–Kier alpha value is -3.99. The number of anilines is 2. The monoisotopic (exact) mass is 381 g/mol. The average Bonchev–Trinajstić information content (AvgIpc) is 2.74. The largest absolute Gasteiger partial charge is 0.340 e. The van der Waals surface area contributed by atoms with E-state index in [1.165, 1.54) is 12.1 Å². The van der Waals surface area contributed by atoms with Crippen molar-refractivity contribution in [2.75, 3.05) is 5.32 Å². The van der Waals surface area contributed by atoms with Crippen LogP contribution in [-0.4, -0.2) is 9.97 Å². The lowest BCUT2D eigenvalue weighted by Gasteiger charge is -2.12. The average molecular weight is 381 g/mol. The van der Waals surface area contributed by atoms with Crippen LogP contribution in [0.15, 0.2) is 89.9 Å². The molecule has 5 rings (SSSR count). The minimum Gasteiger partial charge on any atom is -0.340 e. The first-order valence-electron chi connectivity index (χ1n) is 9.22. The minimum atomic E-state index is -0.398. The van der Waals surface area contributed by atoms with E-state index in [0.717, 1.165) is 16.8 Å². The summed E-state index contributed by atoms with van der Waals surface area (Å²) in [5.41, 5.74) is 3.26. The van der Waals surface area contributed by atoms with Gasteiger partial charge >= 0.3 is 0 Å². The zero-order valence-electron chi connectivity index (χ0n) is 15.3. The highest BCUT2D eigenvalue weighted by atomic mass is 19.1. The Morgan fingerprint density at radius 2 is 1.66 bits per heavy atom. The smallest absolute Gasteiger partial charge is 0.258 e. The Kier molecular flexibility index (Phi) is 4.06. The van der Waals surface area contributed by atoms with E-state index in [9.17, 15) is 9.18 Å². The molecule has 29 heavy (non-hydrogen) atoms. The SMILES string of the molecule is O=c1[nH]ccc2nc(Nc3cccc(-c4ccccc4)c3)c3ccc(F)cc3c12. The lowest BCUT2D eigenvalue weighted by molar-refractivity contribution is 0.630. The van der Waals surface area contributed by atoms with Gasteiger partial charge in [-0.25, -0.2) is 9.37 Å². The summed E-state index contributed by atoms with van der Waals surface area (Å²) < 4.78 is 13.9. The van der Waals surface area contributed by atoms with Crippen LogP contribution in [0.5, 0.6) is 0 Å². The molecule has 0 aliphatic heterocycles. The molecular formula is C24H16FN3O. The molecule has 4 nitrogen and oxygen atoms in total. The number of pyridine rings is 2. The molecule has 0 saturated carbocycles. The standard InChI is InChI=1S/C24H16FN3O/c25-17-9-10-19-20(14-17)22-21(11-12-26-24(22)29)28-23(19)27-18-8-4-7-16(13-18)15-5-2-1-3-6-15/h1-14H,(H,26,29)(H,27,28). The number of fused-ring (bicyclic) bond motifs is 3. The van der Waals surface area contributed by atoms with E-state index in [2.05, 4.69) is 27.4 Å². The fourth-order valence-corrected chi connectivity index (χ4v) is 3.57. The predicted octanol–water partition coefficient (Wildman–Crippen LogP) is 5.63. The van der Waals surface area contributed by atoms with Crippen molar-refractivity contribution in [3.8, 4) is 11.1 Å². The summed E-state index contributed by atoms with van der Waals surface area (Å²) in [7, 11) is 0. The quantitative estimate of drug-likeness (QED) is 0.399. The van der Waals surface area contributed by atoms with Gasteiger partial charge in [-0.15, -0.1) is 0 Å². The van der Waals surface area contributed by atoms with Gasteiger partial charge in [0.25, 0.3) is 5.56 Å². The van der Waals surface area contributed by atoms with Gasteiger partial charge in [0.05, 0.1) is 10.9 Å². The maximum absolute atomic E-state index is 13.9. The number of hydrogen-bond acceptors (Lipinski definition) is 3. The van der Waals surface area contributed by atoms with E-state index in [1.807, 2.05) is 42.5 Å². The highest BCUT2D eigenvalue weighted by molar-refractivity contribution is 6.10. The molecule has 0 amide bonds. The lowest BCUT2D eigenvalue weighted by Crippen LogP contribution is -2.07. The van der Waals surface area contributed by atoms with Crippen LogP contribution in [-0.2, 0) is 0 Å². The third kappa shape index (κ3) is 3.12. The molecule has 3 aromatic carbocycles. The number of aromatic nitrogens is 2. The van der Waals surface area contributed by atoms with E-state index in [4.69, 9.17) is 0 Å². The zero-order valence-corrected chi connectivity index (χ0v) is 15.3. The third-order valence-electron chi connectivity index (χ3n) is 4.91. The lowest BCUT2D eigenvalue weighted by atomic mass is 10.0. The molecule has 0 unspecified atom stereocenters. The van der Waals surface area contributed by atoms with Gasteiger partial charge in [-0.3, -0.25) is 4.79 Å². The molecule has 5 heteroatoms. The van der Waals surface area contributed by atoms with Crippen molar-refractivity contribution in [3.63, 3.8) is 0 Å². The van der Waals surface area contributed by atoms with E-state index >= 15 is 0 Å². The van der Waals surface area contributed by atoms with Gasteiger partial charge in [-0.2, -0.15) is 0 Å². The van der Waals surface area contributed by atoms with Gasteiger partial charge in [0.15, 0.2) is 0 Å². The molecule has 2 N–H and O–H groups in total. The molecule has 0 bridgehead atoms. The van der Waals surface area contributed by atoms with Gasteiger partial charge in [0.1, 0.15) is 11.6 Å². The maximum atomic E-state index is 13.9. The van der Waals surface area contributed by atoms with Crippen LogP contribution in [0.2, 0.25) is 0 Å². The van der Waals surface area contributed by atoms with Crippen LogP contribution < -0.4 is 10.9 Å². The number of hydrogen-bond donors (Lipinski definition) is 2. The Bertz CT molecular complexity index is 1410. The minimum absolute atomic E-state index is 0.289. The van der Waals surface area contributed by atoms with Crippen molar-refractivity contribution < 1.29 is 4.39 Å². The molecule has 5 aromatic rings. The van der Waals surface area contributed by atoms with E-state index in [0.29, 0.717) is 27.5 Å². The van der Waals surface area contributed by atoms with Crippen LogP contribution >= 0.6 is 0 Å². The van der Waals surface area contributed by atoms with E-state index < -0.39 is 5.82 Å². The van der Waals surface area contributed by atoms with Crippen LogP contribution in [0.1, 0.15) is 0 Å². The van der Waals surface area contributed by atoms with Gasteiger partial charge in [0.2, 0.25) is 0 Å². The van der Waals surface area contributed by atoms with Crippen LogP contribution in [0.4, 0.5) is 15.9 Å². The molecule has 0 atom stereocenters. The summed E-state index contributed by atoms with van der Waals surface area (Å²) in [5.74, 6) is 0.175. The number of benzene rings is 3. The maximum Gasteiger partial charge on any atom is 0.258 e. The fraction of sp³-hybridized carbons (Fsp3) is 0. The Labute approximate surface area is 165 Å². The zero-order chi connectivity index (χ0) is 19.8. The second-order valence-electron chi connectivity index (χ2n) is 6.79. The molecule has 0 fully saturated rings. The van der Waals surface area contributed by atoms with Crippen LogP contribution in [0.3, 0.4) is 0 Å². The van der Waals surface area contributed by atoms with Crippen molar-refractivity contribution in [1.82, 2.24) is 9.97 Å². The number of nitrogens with zero attached hydrogens (tertiary/aromatic N) is 1. The summed E-state index contributed by atoms with van der Waals surface area (Å²) in [6.07, 6.45) is 1.54. The van der Waals surface area contributed by atoms with Crippen molar-refractivity contribution in [2.45, 2.75) is 0 Å². The topological polar surface area (TPSA) is 57.8 Å². The first kappa shape index (κ1) is 17.1. The number of rotatable bonds is 3. The normalized spacial score (nSPS) is 11.1. The predicted molar refractivity (Wildman–Crippen MR) is 115 cm³/mol. The summed E-state index contributed by atoms with van der Waals surface area (Å²) in [6.45, 7) is 0. The van der Waals surface area contributed by atoms with Crippen molar-refractivity contribution in [2.24, 2.45) is 0 Å². The van der Waals surface area contributed by atoms with Gasteiger partial charge in [-0.1, -0.05) is 42.5 Å². The van der Waals surface area contributed by atoms with Crippen LogP contribution in [0.25, 0.3) is 32.8 Å². The Morgan fingerprint density at radius 3 is 2.52 bits per heavy atom. The fourth-order valence-electron chi connectivity index (χ4n) is 3.57. The summed E-state index contributed by atoms with van der Waals surface area (Å²) in [5, 5.41) is 4.93. The van der Waals surface area contributed by atoms with Crippen molar-refractivity contribution in [3.05, 3.63) is 101 Å². The number of H-pyrrole nitrogens is 1. The highest BCUT2D eigenvalue weighted by Crippen LogP contribution is 2.31. The molecule has 0 aliphatic rings. The molecule has 140 valence electrons. The molecule has 0 radical (unpaired) electrons. The van der Waals surface area contributed by atoms with Gasteiger partial charge in [0, 0.05) is 22.7 Å². The number of halogens is 1. The first-order valence-corrected chi connectivity index (χ1v) is 9.22. The second kappa shape index (κ2) is 6.87. The van der Waals surface area contributed by atoms with Gasteiger partial charge < -0.3 is 10.3 Å². The van der Waals surface area contributed by atoms with Crippen molar-refractivity contribution in [1.29, 1.82) is 0 Å². The van der Waals surface area contributed by atoms with Crippen LogP contribution in [0, 0.1) is 5.82 Å². The summed E-state index contributed by atoms with van der Waals surface area (Å²) in [4.78, 5) is 19.6. The molecule has 0 spiro atoms. The first-order chi connectivity index (χ1) is 14.2. The number of nitrogens with one attached hydrogen (secondary N) is 2. The third-order valence-corrected chi connectivity index (χ3v) is 4.91. The number of aromatic amines is 1. The van der Waals surface area contributed by atoms with E-state index in [-0.39, 0.29) is 5.56 Å². The Balaban J connectivity index is 1.67. The second-order valence-corrected chi connectivity index (χ2v) is 6.79. The molecule has 2 aromatic heterocycles. The molecular weight excluding hydrogens is 365 g/mol. The van der Waals surface area contributed by atoms with E-state index in [1.54, 1.807) is 18.3 Å². The summed E-state index contributed by atoms with van der Waals surface area (Å²) in [6, 6.07) is 24.2. The van der Waals surface area contributed by atoms with Crippen molar-refractivity contribution >= 4 is 33.2 Å². The molecule has 2 heterocycles. The molecule has 0 saturated heterocycles. The Morgan fingerprint density at radius 1 is 0.828 bits per heavy atom. The summed E-state index contributed by atoms with van der Waals surface area (Å²) >= 11 is 0. The van der Waals surface area contributed by atoms with Gasteiger partial charge in [-0.05, 0) is 47.5 Å². The molecule has 0 aliphatic carbocycles.